The highest BCUT2D eigenvalue weighted by molar-refractivity contribution is 7.95. The smallest absolute Gasteiger partial charge is 0.313 e. The van der Waals surface area contributed by atoms with E-state index >= 15 is 0 Å². The quantitative estimate of drug-likeness (QED) is 0.850. The van der Waals surface area contributed by atoms with Gasteiger partial charge in [-0.1, -0.05) is 0 Å². The topological polar surface area (TPSA) is 91.7 Å². The minimum atomic E-state index is -3.68. The van der Waals surface area contributed by atoms with Gasteiger partial charge >= 0.3 is 5.97 Å². The third-order valence-electron chi connectivity index (χ3n) is 3.04. The number of sulfone groups is 1. The number of rotatable bonds is 2. The van der Waals surface area contributed by atoms with Crippen molar-refractivity contribution in [3.63, 3.8) is 0 Å². The highest BCUT2D eigenvalue weighted by Crippen LogP contribution is 2.44. The molecule has 0 unspecified atom stereocenters. The summed E-state index contributed by atoms with van der Waals surface area (Å²) < 4.78 is 23.8. The molecule has 2 N–H and O–H groups in total. The van der Waals surface area contributed by atoms with Gasteiger partial charge in [0.2, 0.25) is 9.84 Å². The molecule has 1 heterocycles. The Kier molecular flexibility index (Phi) is 2.52. The van der Waals surface area contributed by atoms with Crippen LogP contribution in [0.1, 0.15) is 19.4 Å². The van der Waals surface area contributed by atoms with E-state index in [0.717, 1.165) is 11.5 Å². The van der Waals surface area contributed by atoms with E-state index in [4.69, 9.17) is 5.11 Å². The van der Waals surface area contributed by atoms with Crippen LogP contribution < -0.4 is 0 Å². The summed E-state index contributed by atoms with van der Waals surface area (Å²) in [5.74, 6) is -1.27. The van der Waals surface area contributed by atoms with Crippen LogP contribution in [0.3, 0.4) is 0 Å². The van der Waals surface area contributed by atoms with Gasteiger partial charge in [0.1, 0.15) is 5.75 Å². The number of carboxylic acid groups (broad SMARTS) is 1. The first-order valence-electron chi connectivity index (χ1n) is 5.20. The molecule has 0 atom stereocenters. The lowest BCUT2D eigenvalue weighted by molar-refractivity contribution is -0.143. The first kappa shape index (κ1) is 12.6. The molecule has 5 nitrogen and oxygen atoms in total. The van der Waals surface area contributed by atoms with E-state index in [1.165, 1.54) is 26.0 Å². The molecular formula is C12H12O5S. The predicted molar refractivity (Wildman–Crippen MR) is 64.7 cm³/mol. The summed E-state index contributed by atoms with van der Waals surface area (Å²) in [4.78, 5) is 11.2. The van der Waals surface area contributed by atoms with Crippen LogP contribution in [0, 0.1) is 5.41 Å². The normalized spacial score (nSPS) is 17.1. The van der Waals surface area contributed by atoms with Crippen LogP contribution in [-0.4, -0.2) is 24.6 Å². The van der Waals surface area contributed by atoms with Crippen molar-refractivity contribution in [2.45, 2.75) is 18.7 Å². The van der Waals surface area contributed by atoms with E-state index in [0.29, 0.717) is 5.56 Å². The summed E-state index contributed by atoms with van der Waals surface area (Å²) in [6.07, 6.45) is 0. The fraction of sp³-hybridized carbons (Fsp3) is 0.250. The van der Waals surface area contributed by atoms with Gasteiger partial charge in [-0.15, -0.1) is 0 Å². The molecular weight excluding hydrogens is 256 g/mol. The monoisotopic (exact) mass is 268 g/mol. The van der Waals surface area contributed by atoms with Gasteiger partial charge in [-0.2, -0.15) is 0 Å². The van der Waals surface area contributed by atoms with E-state index in [1.54, 1.807) is 0 Å². The fourth-order valence-corrected chi connectivity index (χ4v) is 3.48. The molecule has 2 rings (SSSR count). The molecule has 0 saturated carbocycles. The first-order chi connectivity index (χ1) is 8.16. The molecule has 0 aromatic heterocycles. The van der Waals surface area contributed by atoms with Crippen molar-refractivity contribution in [1.82, 2.24) is 0 Å². The highest BCUT2D eigenvalue weighted by atomic mass is 32.2. The Balaban J connectivity index is 2.73. The molecule has 0 radical (unpaired) electrons. The second kappa shape index (κ2) is 3.58. The van der Waals surface area contributed by atoms with Gasteiger partial charge in [0.05, 0.1) is 10.3 Å². The number of hydrogen-bond acceptors (Lipinski definition) is 4. The van der Waals surface area contributed by atoms with Crippen molar-refractivity contribution in [3.05, 3.63) is 29.2 Å². The summed E-state index contributed by atoms with van der Waals surface area (Å²) in [6, 6.07) is 3.89. The third-order valence-corrected chi connectivity index (χ3v) is 4.54. The molecule has 6 heteroatoms. The van der Waals surface area contributed by atoms with Crippen molar-refractivity contribution < 1.29 is 23.4 Å². The molecule has 0 aliphatic carbocycles. The Morgan fingerprint density at radius 3 is 2.44 bits per heavy atom. The minimum absolute atomic E-state index is 0.0492. The lowest BCUT2D eigenvalue weighted by Gasteiger charge is -2.21. The van der Waals surface area contributed by atoms with Crippen molar-refractivity contribution in [2.75, 3.05) is 0 Å². The molecule has 1 aromatic rings. The lowest BCUT2D eigenvalue weighted by atomic mass is 9.81. The summed E-state index contributed by atoms with van der Waals surface area (Å²) in [6.45, 7) is 2.89. The zero-order valence-electron chi connectivity index (χ0n) is 9.84. The number of aliphatic carboxylic acids is 1. The Labute approximate surface area is 104 Å². The highest BCUT2D eigenvalue weighted by Gasteiger charge is 2.40. The molecule has 0 fully saturated rings. The van der Waals surface area contributed by atoms with Gasteiger partial charge in [0.15, 0.2) is 0 Å². The molecule has 18 heavy (non-hydrogen) atoms. The molecule has 0 bridgehead atoms. The third kappa shape index (κ3) is 1.69. The first-order valence-corrected chi connectivity index (χ1v) is 6.75. The summed E-state index contributed by atoms with van der Waals surface area (Å²) in [7, 11) is -3.68. The fourth-order valence-electron chi connectivity index (χ4n) is 1.85. The average Bonchev–Trinajstić information content (AvgIpc) is 2.51. The second-order valence-corrected chi connectivity index (χ2v) is 6.45. The number of phenolic OH excluding ortho intramolecular Hbond substituents is 1. The van der Waals surface area contributed by atoms with Gasteiger partial charge in [0, 0.05) is 5.41 Å². The zero-order valence-corrected chi connectivity index (χ0v) is 10.7. The van der Waals surface area contributed by atoms with Crippen LogP contribution in [0.4, 0.5) is 0 Å². The molecule has 0 spiro atoms. The number of phenols is 1. The number of fused-ring (bicyclic) bond motifs is 1. The Morgan fingerprint density at radius 1 is 1.28 bits per heavy atom. The predicted octanol–water partition coefficient (Wildman–Crippen LogP) is 1.63. The molecule has 0 saturated heterocycles. The van der Waals surface area contributed by atoms with Gasteiger partial charge in [-0.25, -0.2) is 8.42 Å². The lowest BCUT2D eigenvalue weighted by Crippen LogP contribution is -2.24. The Bertz CT molecular complexity index is 668. The van der Waals surface area contributed by atoms with E-state index < -0.39 is 21.2 Å². The summed E-state index contributed by atoms with van der Waals surface area (Å²) in [5, 5.41) is 19.5. The number of carbonyl (C=O) groups is 1. The van der Waals surface area contributed by atoms with Crippen molar-refractivity contribution in [3.8, 4) is 5.75 Å². The molecule has 96 valence electrons. The largest absolute Gasteiger partial charge is 0.508 e. The van der Waals surface area contributed by atoms with E-state index in [-0.39, 0.29) is 16.2 Å². The van der Waals surface area contributed by atoms with E-state index in [9.17, 15) is 18.3 Å². The number of benzene rings is 1. The van der Waals surface area contributed by atoms with Crippen LogP contribution >= 0.6 is 0 Å². The van der Waals surface area contributed by atoms with Crippen LogP contribution in [0.15, 0.2) is 28.5 Å². The number of carboxylic acids is 1. The molecule has 1 aromatic carbocycles. The van der Waals surface area contributed by atoms with Crippen LogP contribution in [0.5, 0.6) is 5.75 Å². The van der Waals surface area contributed by atoms with Crippen molar-refractivity contribution >= 4 is 21.4 Å². The van der Waals surface area contributed by atoms with Crippen LogP contribution in [0.25, 0.3) is 5.57 Å². The summed E-state index contributed by atoms with van der Waals surface area (Å²) >= 11 is 0. The van der Waals surface area contributed by atoms with Gasteiger partial charge in [-0.3, -0.25) is 4.79 Å². The second-order valence-electron chi connectivity index (χ2n) is 4.69. The van der Waals surface area contributed by atoms with Crippen molar-refractivity contribution in [1.29, 1.82) is 0 Å². The van der Waals surface area contributed by atoms with E-state index in [1.807, 2.05) is 0 Å². The summed E-state index contributed by atoms with van der Waals surface area (Å²) in [5.41, 5.74) is -0.750. The van der Waals surface area contributed by atoms with Gasteiger partial charge in [0.25, 0.3) is 0 Å². The Hall–Kier alpha value is -1.82. The average molecular weight is 268 g/mol. The van der Waals surface area contributed by atoms with Gasteiger partial charge in [-0.05, 0) is 43.2 Å². The minimum Gasteiger partial charge on any atom is -0.508 e. The maximum Gasteiger partial charge on any atom is 0.313 e. The maximum absolute atomic E-state index is 11.9. The maximum atomic E-state index is 11.9. The Morgan fingerprint density at radius 2 is 1.89 bits per heavy atom. The van der Waals surface area contributed by atoms with Crippen LogP contribution in [-0.2, 0) is 14.6 Å². The van der Waals surface area contributed by atoms with Crippen molar-refractivity contribution in [2.24, 2.45) is 5.41 Å². The number of aromatic hydroxyl groups is 1. The number of hydrogen-bond donors (Lipinski definition) is 2. The SMILES string of the molecule is CC(C)(C(=O)O)C1=CS(=O)(=O)c2cc(O)ccc21. The molecule has 0 amide bonds. The van der Waals surface area contributed by atoms with Gasteiger partial charge < -0.3 is 10.2 Å². The molecule has 1 aliphatic rings. The van der Waals surface area contributed by atoms with E-state index in [2.05, 4.69) is 0 Å². The molecule has 1 aliphatic heterocycles. The standard InChI is InChI=1S/C12H12O5S/c1-12(2,11(14)15)9-6-18(16,17)10-5-7(13)3-4-8(9)10/h3-6,13H,1-2H3,(H,14,15). The zero-order chi connectivity index (χ0) is 13.7. The van der Waals surface area contributed by atoms with Crippen LogP contribution in [0.2, 0.25) is 0 Å².